The van der Waals surface area contributed by atoms with Crippen molar-refractivity contribution in [2.45, 2.75) is 61.6 Å². The van der Waals surface area contributed by atoms with E-state index in [1.807, 2.05) is 72.0 Å². The Morgan fingerprint density at radius 1 is 0.691 bits per heavy atom. The highest BCUT2D eigenvalue weighted by atomic mass is 16.5. The van der Waals surface area contributed by atoms with Crippen LogP contribution in [0.15, 0.2) is 150 Å². The molecule has 422 valence electrons. The zero-order valence-electron chi connectivity index (χ0n) is 45.4. The molecule has 0 fully saturated rings. The number of aliphatic hydroxyl groups is 6. The van der Waals surface area contributed by atoms with Crippen LogP contribution >= 0.6 is 0 Å². The standard InChI is InChI=1S/C21H24N2O5.C21H22N2O4.C21H22N2O3/c1-28-20(26)16-11-23(19(25)18-15(16)6-8-21(18,27)12-24)9-7-13-10-22-17-5-3-2-4-14(13)17;1-27-20(25)15-10-23-9-8-14-13-4-2-3-5-17(13)22-18(14)19(23)21(26)12(11-24)6-7-16(15)21;1-26-21(25)16-10-23-9-8-15-13-4-2-3-5-17(13)22-19(15)20(23)18-12(11-24)6-7-14(16)18/h2-6,8,10-11,15,18-19,22,24-25,27H,7,9,12H2,1H3;2-6,10,16,19,22,24,26H,7-9,11H2,1H3;2-6,10,14,18,20,22,24H,7-9,11H2,1H3/t15-,18-,19?,21?;16-,19-,21-;14-,18-,20-/m111/s1. The van der Waals surface area contributed by atoms with Gasteiger partial charge in [-0.25, -0.2) is 14.4 Å². The minimum absolute atomic E-state index is 0.0372. The first-order valence-corrected chi connectivity index (χ1v) is 27.7. The van der Waals surface area contributed by atoms with E-state index < -0.39 is 53.7 Å². The van der Waals surface area contributed by atoms with Gasteiger partial charge in [0.05, 0.1) is 63.9 Å². The second-order valence-corrected chi connectivity index (χ2v) is 22.3. The Labute approximate surface area is 467 Å². The summed E-state index contributed by atoms with van der Waals surface area (Å²) < 4.78 is 14.9. The van der Waals surface area contributed by atoms with Crippen LogP contribution in [0.3, 0.4) is 0 Å². The molecule has 0 radical (unpaired) electrons. The van der Waals surface area contributed by atoms with Crippen molar-refractivity contribution in [3.05, 3.63) is 178 Å². The van der Waals surface area contributed by atoms with Gasteiger partial charge in [-0.3, -0.25) is 0 Å². The van der Waals surface area contributed by atoms with E-state index in [-0.39, 0.29) is 43.1 Å². The number of nitrogens with one attached hydrogen (secondary N) is 3. The molecule has 9 N–H and O–H groups in total. The number of nitrogens with zero attached hydrogens (tertiary/aromatic N) is 3. The molecule has 2 unspecified atom stereocenters. The molecule has 3 aromatic carbocycles. The molecule has 3 aromatic heterocycles. The summed E-state index contributed by atoms with van der Waals surface area (Å²) in [5, 5.41) is 66.7. The lowest BCUT2D eigenvalue weighted by Crippen LogP contribution is -2.56. The van der Waals surface area contributed by atoms with Crippen molar-refractivity contribution in [1.82, 2.24) is 29.7 Å². The summed E-state index contributed by atoms with van der Waals surface area (Å²) in [6.07, 6.45) is 17.1. The number of para-hydroxylation sites is 3. The largest absolute Gasteiger partial charge is 0.466 e. The molecular weight excluding hydrogens is 1030 g/mol. The number of methoxy groups -OCH3 is 3. The summed E-state index contributed by atoms with van der Waals surface area (Å²) in [7, 11) is 4.09. The topological polar surface area (TPSA) is 257 Å². The minimum atomic E-state index is -1.59. The Bertz CT molecular complexity index is 3660. The first-order valence-electron chi connectivity index (χ1n) is 27.7. The van der Waals surface area contributed by atoms with E-state index in [1.165, 1.54) is 55.0 Å². The van der Waals surface area contributed by atoms with Crippen LogP contribution in [0.25, 0.3) is 32.7 Å². The first kappa shape index (κ1) is 53.9. The van der Waals surface area contributed by atoms with Crippen molar-refractivity contribution < 1.29 is 59.2 Å². The zero-order valence-corrected chi connectivity index (χ0v) is 45.4. The predicted octanol–water partition coefficient (Wildman–Crippen LogP) is 5.43. The van der Waals surface area contributed by atoms with Gasteiger partial charge in [0.2, 0.25) is 0 Å². The quantitative estimate of drug-likeness (QED) is 0.0497. The van der Waals surface area contributed by atoms with Crippen molar-refractivity contribution in [1.29, 1.82) is 0 Å². The van der Waals surface area contributed by atoms with E-state index in [1.54, 1.807) is 17.2 Å². The molecule has 3 aliphatic carbocycles. The minimum Gasteiger partial charge on any atom is -0.466 e. The van der Waals surface area contributed by atoms with Crippen LogP contribution in [0.2, 0.25) is 0 Å². The molecule has 0 saturated heterocycles. The van der Waals surface area contributed by atoms with Crippen LogP contribution in [-0.4, -0.2) is 156 Å². The van der Waals surface area contributed by atoms with Gasteiger partial charge in [-0.15, -0.1) is 0 Å². The molecule has 5 aliphatic heterocycles. The molecule has 0 saturated carbocycles. The van der Waals surface area contributed by atoms with E-state index in [0.717, 1.165) is 70.1 Å². The average molecular weight is 1100 g/mol. The number of carbonyl (C=O) groups excluding carboxylic acids is 3. The molecule has 8 aliphatic rings. The number of aliphatic hydroxyl groups excluding tert-OH is 4. The van der Waals surface area contributed by atoms with Crippen molar-refractivity contribution in [2.75, 3.05) is 60.8 Å². The second-order valence-electron chi connectivity index (χ2n) is 22.3. The van der Waals surface area contributed by atoms with Gasteiger partial charge in [-0.05, 0) is 78.1 Å². The number of hydrogen-bond acceptors (Lipinski definition) is 15. The lowest BCUT2D eigenvalue weighted by atomic mass is 9.70. The number of carbonyl (C=O) groups is 3. The number of rotatable bonds is 9. The SMILES string of the molecule is COC(=O)C1=CN(CCc2c[nH]c3ccccc23)C(O)[C@H]2[C@@H]1C=CC2(O)CO.COC(=O)C1=CN2CCc3c([nH]c4ccccc34)[C@@H]2[C@@]2(O)C(CO)=CC[C@H]12.COC(=O)C1=CN2CCc3c([nH]c4ccccc34)[C@H]2[C@@H]2C(CO)=CC[C@H]12. The number of esters is 3. The van der Waals surface area contributed by atoms with Gasteiger partial charge in [0.15, 0.2) is 0 Å². The lowest BCUT2D eigenvalue weighted by molar-refractivity contribution is -0.142. The maximum absolute atomic E-state index is 12.4. The first-order chi connectivity index (χ1) is 39.3. The monoisotopic (exact) mass is 1100 g/mol. The summed E-state index contributed by atoms with van der Waals surface area (Å²) >= 11 is 0. The molecule has 10 atom stereocenters. The number of hydrogen-bond donors (Lipinski definition) is 9. The van der Waals surface area contributed by atoms with Gasteiger partial charge < -0.3 is 74.5 Å². The molecule has 0 spiro atoms. The third-order valence-electron chi connectivity index (χ3n) is 18.5. The molecular formula is C63H68N6O12. The van der Waals surface area contributed by atoms with Gasteiger partial charge in [0, 0.05) is 118 Å². The number of aromatic amines is 3. The highest BCUT2D eigenvalue weighted by molar-refractivity contribution is 5.92. The summed E-state index contributed by atoms with van der Waals surface area (Å²) in [5.41, 5.74) is 9.35. The van der Waals surface area contributed by atoms with Crippen LogP contribution in [0.4, 0.5) is 0 Å². The molecule has 0 amide bonds. The number of allylic oxidation sites excluding steroid dienone is 3. The number of aromatic nitrogens is 3. The van der Waals surface area contributed by atoms with E-state index >= 15 is 0 Å². The number of ether oxygens (including phenoxy) is 3. The fourth-order valence-electron chi connectivity index (χ4n) is 14.7. The van der Waals surface area contributed by atoms with Crippen molar-refractivity contribution in [2.24, 2.45) is 29.6 Å². The zero-order chi connectivity index (χ0) is 56.5. The van der Waals surface area contributed by atoms with E-state index in [4.69, 9.17) is 14.2 Å². The molecule has 6 aromatic rings. The van der Waals surface area contributed by atoms with Gasteiger partial charge in [0.1, 0.15) is 23.5 Å². The Hall–Kier alpha value is -7.71. The highest BCUT2D eigenvalue weighted by Crippen LogP contribution is 2.56. The molecule has 18 nitrogen and oxygen atoms in total. The highest BCUT2D eigenvalue weighted by Gasteiger charge is 2.59. The van der Waals surface area contributed by atoms with Crippen molar-refractivity contribution >= 4 is 50.6 Å². The van der Waals surface area contributed by atoms with Crippen molar-refractivity contribution in [3.63, 3.8) is 0 Å². The third kappa shape index (κ3) is 8.73. The second kappa shape index (κ2) is 21.3. The van der Waals surface area contributed by atoms with E-state index in [2.05, 4.69) is 56.3 Å². The summed E-state index contributed by atoms with van der Waals surface area (Å²) in [4.78, 5) is 53.3. The van der Waals surface area contributed by atoms with Gasteiger partial charge in [-0.1, -0.05) is 78.9 Å². The van der Waals surface area contributed by atoms with Gasteiger partial charge in [0.25, 0.3) is 0 Å². The average Bonchev–Trinajstić information content (AvgIpc) is 4.02. The molecule has 14 rings (SSSR count). The van der Waals surface area contributed by atoms with Crippen LogP contribution in [0.1, 0.15) is 53.0 Å². The lowest BCUT2D eigenvalue weighted by Gasteiger charge is -2.50. The molecule has 81 heavy (non-hydrogen) atoms. The maximum atomic E-state index is 12.4. The molecule has 8 heterocycles. The van der Waals surface area contributed by atoms with Crippen LogP contribution in [-0.2, 0) is 47.9 Å². The number of fused-ring (bicyclic) bond motifs is 16. The van der Waals surface area contributed by atoms with Gasteiger partial charge in [-0.2, -0.15) is 0 Å². The van der Waals surface area contributed by atoms with Crippen LogP contribution in [0.5, 0.6) is 0 Å². The fraction of sp³-hybridized carbons (Fsp3) is 0.381. The number of H-pyrrole nitrogens is 3. The maximum Gasteiger partial charge on any atom is 0.335 e. The third-order valence-corrected chi connectivity index (χ3v) is 18.5. The van der Waals surface area contributed by atoms with Crippen molar-refractivity contribution in [3.8, 4) is 0 Å². The van der Waals surface area contributed by atoms with Crippen LogP contribution in [0, 0.1) is 29.6 Å². The Balaban J connectivity index is 0.000000121. The summed E-state index contributed by atoms with van der Waals surface area (Å²) in [5.74, 6) is -2.70. The summed E-state index contributed by atoms with van der Waals surface area (Å²) in [6.45, 7) is 1.26. The Morgan fingerprint density at radius 3 is 1.96 bits per heavy atom. The Morgan fingerprint density at radius 2 is 1.30 bits per heavy atom. The number of benzene rings is 3. The predicted molar refractivity (Wildman–Crippen MR) is 301 cm³/mol. The fourth-order valence-corrected chi connectivity index (χ4v) is 14.7. The van der Waals surface area contributed by atoms with E-state index in [0.29, 0.717) is 42.7 Å². The molecule has 0 bridgehead atoms. The summed E-state index contributed by atoms with van der Waals surface area (Å²) in [6, 6.07) is 24.3. The normalized spacial score (nSPS) is 28.3. The van der Waals surface area contributed by atoms with E-state index in [9.17, 15) is 45.0 Å². The molecule has 18 heteroatoms. The van der Waals surface area contributed by atoms with Gasteiger partial charge >= 0.3 is 17.9 Å². The smallest absolute Gasteiger partial charge is 0.335 e. The Kier molecular flexibility index (Phi) is 14.2. The van der Waals surface area contributed by atoms with Crippen LogP contribution < -0.4 is 0 Å².